The first-order chi connectivity index (χ1) is 10.6. The zero-order valence-corrected chi connectivity index (χ0v) is 14.0. The van der Waals surface area contributed by atoms with Gasteiger partial charge in [-0.25, -0.2) is 4.98 Å². The molecule has 2 aromatic rings. The summed E-state index contributed by atoms with van der Waals surface area (Å²) in [4.78, 5) is 9.12. The Labute approximate surface area is 137 Å². The predicted octanol–water partition coefficient (Wildman–Crippen LogP) is 3.67. The molecule has 0 atom stereocenters. The van der Waals surface area contributed by atoms with Crippen molar-refractivity contribution in [1.82, 2.24) is 9.88 Å². The molecule has 1 aromatic heterocycles. The van der Waals surface area contributed by atoms with Gasteiger partial charge in [0.1, 0.15) is 5.15 Å². The van der Waals surface area contributed by atoms with Crippen LogP contribution in [0.15, 0.2) is 36.5 Å². The van der Waals surface area contributed by atoms with E-state index in [-0.39, 0.29) is 0 Å². The Kier molecular flexibility index (Phi) is 4.65. The molecular formula is C18H22ClN3. The van der Waals surface area contributed by atoms with Crippen molar-refractivity contribution >= 4 is 17.3 Å². The molecule has 0 radical (unpaired) electrons. The smallest absolute Gasteiger partial charge is 0.129 e. The summed E-state index contributed by atoms with van der Waals surface area (Å²) in [7, 11) is 0. The Hall–Kier alpha value is -1.58. The number of pyridine rings is 1. The SMILES string of the molecule is Cc1ccc(N2CCN(Cc3ccc(Cl)nc3)CC2)c(C)c1. The molecule has 0 unspecified atom stereocenters. The van der Waals surface area contributed by atoms with Crippen LogP contribution in [0.1, 0.15) is 16.7 Å². The summed E-state index contributed by atoms with van der Waals surface area (Å²) >= 11 is 5.84. The molecular weight excluding hydrogens is 294 g/mol. The highest BCUT2D eigenvalue weighted by molar-refractivity contribution is 6.29. The lowest BCUT2D eigenvalue weighted by molar-refractivity contribution is 0.249. The quantitative estimate of drug-likeness (QED) is 0.806. The summed E-state index contributed by atoms with van der Waals surface area (Å²) < 4.78 is 0. The van der Waals surface area contributed by atoms with Crippen LogP contribution in [-0.2, 0) is 6.54 Å². The third-order valence-corrected chi connectivity index (χ3v) is 4.48. The summed E-state index contributed by atoms with van der Waals surface area (Å²) in [6, 6.07) is 10.6. The summed E-state index contributed by atoms with van der Waals surface area (Å²) in [5.74, 6) is 0. The Bertz CT molecular complexity index is 631. The largest absolute Gasteiger partial charge is 0.369 e. The summed E-state index contributed by atoms with van der Waals surface area (Å²) in [5, 5.41) is 0.559. The first-order valence-corrected chi connectivity index (χ1v) is 8.14. The van der Waals surface area contributed by atoms with E-state index in [1.807, 2.05) is 12.3 Å². The van der Waals surface area contributed by atoms with E-state index < -0.39 is 0 Å². The summed E-state index contributed by atoms with van der Waals surface area (Å²) in [6.07, 6.45) is 1.87. The lowest BCUT2D eigenvalue weighted by Crippen LogP contribution is -2.46. The fourth-order valence-corrected chi connectivity index (χ4v) is 3.18. The van der Waals surface area contributed by atoms with Crippen molar-refractivity contribution in [2.45, 2.75) is 20.4 Å². The van der Waals surface area contributed by atoms with Gasteiger partial charge in [0, 0.05) is 44.6 Å². The molecule has 22 heavy (non-hydrogen) atoms. The molecule has 116 valence electrons. The van der Waals surface area contributed by atoms with Crippen LogP contribution < -0.4 is 4.90 Å². The van der Waals surface area contributed by atoms with E-state index in [9.17, 15) is 0 Å². The van der Waals surface area contributed by atoms with Crippen molar-refractivity contribution in [2.75, 3.05) is 31.1 Å². The van der Waals surface area contributed by atoms with Crippen LogP contribution in [0.2, 0.25) is 5.15 Å². The highest BCUT2D eigenvalue weighted by atomic mass is 35.5. The first kappa shape index (κ1) is 15.3. The van der Waals surface area contributed by atoms with Gasteiger partial charge < -0.3 is 4.90 Å². The minimum Gasteiger partial charge on any atom is -0.369 e. The minimum atomic E-state index is 0.559. The third kappa shape index (κ3) is 3.60. The van der Waals surface area contributed by atoms with E-state index >= 15 is 0 Å². The van der Waals surface area contributed by atoms with Crippen LogP contribution in [0.25, 0.3) is 0 Å². The normalized spacial score (nSPS) is 16.0. The molecule has 2 heterocycles. The maximum atomic E-state index is 5.84. The fraction of sp³-hybridized carbons (Fsp3) is 0.389. The predicted molar refractivity (Wildman–Crippen MR) is 92.7 cm³/mol. The molecule has 1 aromatic carbocycles. The Morgan fingerprint density at radius 2 is 1.82 bits per heavy atom. The summed E-state index contributed by atoms with van der Waals surface area (Å²) in [5.41, 5.74) is 5.30. The maximum absolute atomic E-state index is 5.84. The molecule has 3 rings (SSSR count). The van der Waals surface area contributed by atoms with Gasteiger partial charge in [0.2, 0.25) is 0 Å². The van der Waals surface area contributed by atoms with Gasteiger partial charge in [-0.15, -0.1) is 0 Å². The van der Waals surface area contributed by atoms with Crippen LogP contribution in [-0.4, -0.2) is 36.1 Å². The van der Waals surface area contributed by atoms with Crippen LogP contribution in [0.3, 0.4) is 0 Å². The number of piperazine rings is 1. The second kappa shape index (κ2) is 6.67. The number of benzene rings is 1. The van der Waals surface area contributed by atoms with E-state index in [0.717, 1.165) is 32.7 Å². The van der Waals surface area contributed by atoms with Crippen molar-refractivity contribution in [2.24, 2.45) is 0 Å². The molecule has 0 bridgehead atoms. The highest BCUT2D eigenvalue weighted by Crippen LogP contribution is 2.22. The molecule has 0 spiro atoms. The average Bonchev–Trinajstić information content (AvgIpc) is 2.51. The van der Waals surface area contributed by atoms with Crippen LogP contribution in [0.4, 0.5) is 5.69 Å². The molecule has 0 aliphatic carbocycles. The number of anilines is 1. The van der Waals surface area contributed by atoms with Gasteiger partial charge >= 0.3 is 0 Å². The molecule has 0 N–H and O–H groups in total. The second-order valence-electron chi connectivity index (χ2n) is 6.04. The number of halogens is 1. The van der Waals surface area contributed by atoms with Gasteiger partial charge in [0.15, 0.2) is 0 Å². The van der Waals surface area contributed by atoms with Crippen molar-refractivity contribution in [3.63, 3.8) is 0 Å². The van der Waals surface area contributed by atoms with Gasteiger partial charge in [-0.3, -0.25) is 4.90 Å². The van der Waals surface area contributed by atoms with Gasteiger partial charge in [0.05, 0.1) is 0 Å². The van der Waals surface area contributed by atoms with Crippen LogP contribution in [0, 0.1) is 13.8 Å². The number of hydrogen-bond acceptors (Lipinski definition) is 3. The van der Waals surface area contributed by atoms with Crippen LogP contribution >= 0.6 is 11.6 Å². The van der Waals surface area contributed by atoms with Gasteiger partial charge in [-0.2, -0.15) is 0 Å². The standard InChI is InChI=1S/C18H22ClN3/c1-14-3-5-17(15(2)11-14)22-9-7-21(8-10-22)13-16-4-6-18(19)20-12-16/h3-6,11-12H,7-10,13H2,1-2H3. The van der Waals surface area contributed by atoms with E-state index in [1.54, 1.807) is 0 Å². The number of nitrogens with zero attached hydrogens (tertiary/aromatic N) is 3. The van der Waals surface area contributed by atoms with Crippen molar-refractivity contribution in [3.05, 3.63) is 58.4 Å². The summed E-state index contributed by atoms with van der Waals surface area (Å²) in [6.45, 7) is 9.61. The highest BCUT2D eigenvalue weighted by Gasteiger charge is 2.18. The van der Waals surface area contributed by atoms with E-state index in [4.69, 9.17) is 11.6 Å². The Balaban J connectivity index is 1.59. The number of aryl methyl sites for hydroxylation is 2. The molecule has 1 aliphatic heterocycles. The molecule has 0 amide bonds. The second-order valence-corrected chi connectivity index (χ2v) is 6.43. The number of hydrogen-bond donors (Lipinski definition) is 0. The van der Waals surface area contributed by atoms with Crippen LogP contribution in [0.5, 0.6) is 0 Å². The lowest BCUT2D eigenvalue weighted by atomic mass is 10.1. The third-order valence-electron chi connectivity index (χ3n) is 4.26. The zero-order valence-electron chi connectivity index (χ0n) is 13.2. The molecule has 1 fully saturated rings. The molecule has 4 heteroatoms. The number of aromatic nitrogens is 1. The van der Waals surface area contributed by atoms with E-state index in [1.165, 1.54) is 22.4 Å². The average molecular weight is 316 g/mol. The maximum Gasteiger partial charge on any atom is 0.129 e. The molecule has 1 saturated heterocycles. The molecule has 3 nitrogen and oxygen atoms in total. The van der Waals surface area contributed by atoms with Crippen molar-refractivity contribution in [3.8, 4) is 0 Å². The fourth-order valence-electron chi connectivity index (χ4n) is 3.07. The van der Waals surface area contributed by atoms with Gasteiger partial charge in [-0.05, 0) is 37.1 Å². The molecule has 0 saturated carbocycles. The lowest BCUT2D eigenvalue weighted by Gasteiger charge is -2.36. The zero-order chi connectivity index (χ0) is 15.5. The van der Waals surface area contributed by atoms with E-state index in [0.29, 0.717) is 5.15 Å². The van der Waals surface area contributed by atoms with E-state index in [2.05, 4.69) is 52.9 Å². The minimum absolute atomic E-state index is 0.559. The number of rotatable bonds is 3. The van der Waals surface area contributed by atoms with Gasteiger partial charge in [-0.1, -0.05) is 35.4 Å². The molecule has 1 aliphatic rings. The Morgan fingerprint density at radius 3 is 2.45 bits per heavy atom. The topological polar surface area (TPSA) is 19.4 Å². The van der Waals surface area contributed by atoms with Crippen molar-refractivity contribution < 1.29 is 0 Å². The monoisotopic (exact) mass is 315 g/mol. The van der Waals surface area contributed by atoms with Crippen molar-refractivity contribution in [1.29, 1.82) is 0 Å². The van der Waals surface area contributed by atoms with Gasteiger partial charge in [0.25, 0.3) is 0 Å². The Morgan fingerprint density at radius 1 is 1.05 bits per heavy atom. The first-order valence-electron chi connectivity index (χ1n) is 7.77.